The first-order valence-electron chi connectivity index (χ1n) is 9.62. The van der Waals surface area contributed by atoms with Gasteiger partial charge in [0, 0.05) is 26.7 Å². The van der Waals surface area contributed by atoms with Gasteiger partial charge in [-0.25, -0.2) is 4.39 Å². The van der Waals surface area contributed by atoms with Gasteiger partial charge in [-0.05, 0) is 62.3 Å². The van der Waals surface area contributed by atoms with Crippen LogP contribution in [0.4, 0.5) is 4.39 Å². The number of halogens is 2. The molecule has 0 saturated heterocycles. The van der Waals surface area contributed by atoms with Crippen LogP contribution in [0, 0.1) is 5.82 Å². The highest BCUT2D eigenvalue weighted by Gasteiger charge is 2.01. The van der Waals surface area contributed by atoms with Gasteiger partial charge in [-0.2, -0.15) is 0 Å². The first-order valence-corrected chi connectivity index (χ1v) is 9.62. The monoisotopic (exact) mass is 514 g/mol. The lowest BCUT2D eigenvalue weighted by Gasteiger charge is -2.13. The summed E-state index contributed by atoms with van der Waals surface area (Å²) in [6.07, 6.45) is 1.74. The van der Waals surface area contributed by atoms with Gasteiger partial charge in [-0.3, -0.25) is 4.99 Å². The van der Waals surface area contributed by atoms with Crippen LogP contribution in [-0.2, 0) is 13.0 Å². The highest BCUT2D eigenvalue weighted by molar-refractivity contribution is 14.0. The van der Waals surface area contributed by atoms with Gasteiger partial charge in [0.1, 0.15) is 11.6 Å². The van der Waals surface area contributed by atoms with Crippen LogP contribution in [0.25, 0.3) is 0 Å². The van der Waals surface area contributed by atoms with Crippen molar-refractivity contribution in [2.24, 2.45) is 4.99 Å². The first-order chi connectivity index (χ1) is 13.6. The van der Waals surface area contributed by atoms with Gasteiger partial charge in [0.2, 0.25) is 0 Å². The maximum Gasteiger partial charge on any atom is 0.191 e. The third kappa shape index (κ3) is 10.5. The molecule has 160 valence electrons. The Morgan fingerprint density at radius 2 is 1.83 bits per heavy atom. The van der Waals surface area contributed by atoms with Crippen molar-refractivity contribution in [3.8, 4) is 5.75 Å². The number of nitrogens with one attached hydrogen (secondary N) is 2. The average Bonchev–Trinajstić information content (AvgIpc) is 2.69. The number of aliphatic imine (C=N–C) groups is 1. The second kappa shape index (κ2) is 14.2. The fourth-order valence-electron chi connectivity index (χ4n) is 2.70. The molecule has 0 amide bonds. The highest BCUT2D eigenvalue weighted by Crippen LogP contribution is 2.12. The van der Waals surface area contributed by atoms with Crippen LogP contribution in [0.3, 0.4) is 0 Å². The lowest BCUT2D eigenvalue weighted by Crippen LogP contribution is -2.37. The first kappa shape index (κ1) is 25.2. The summed E-state index contributed by atoms with van der Waals surface area (Å²) in [5.74, 6) is 1.41. The number of hydrogen-bond donors (Lipinski definition) is 2. The van der Waals surface area contributed by atoms with Crippen LogP contribution >= 0.6 is 24.0 Å². The van der Waals surface area contributed by atoms with Crippen molar-refractivity contribution < 1.29 is 9.13 Å². The maximum absolute atomic E-state index is 13.2. The molecule has 0 aliphatic carbocycles. The van der Waals surface area contributed by atoms with Crippen molar-refractivity contribution in [2.75, 3.05) is 40.8 Å². The van der Waals surface area contributed by atoms with Crippen LogP contribution < -0.4 is 15.4 Å². The minimum atomic E-state index is -0.204. The van der Waals surface area contributed by atoms with Crippen LogP contribution in [0.1, 0.15) is 17.5 Å². The Labute approximate surface area is 190 Å². The zero-order valence-corrected chi connectivity index (χ0v) is 19.8. The molecule has 2 rings (SSSR count). The lowest BCUT2D eigenvalue weighted by molar-refractivity contribution is 0.281. The molecule has 2 aromatic carbocycles. The summed E-state index contributed by atoms with van der Waals surface area (Å²) in [6, 6.07) is 14.8. The van der Waals surface area contributed by atoms with Crippen LogP contribution in [0.5, 0.6) is 5.75 Å². The van der Waals surface area contributed by atoms with E-state index in [-0.39, 0.29) is 29.8 Å². The summed E-state index contributed by atoms with van der Waals surface area (Å²) in [7, 11) is 5.86. The topological polar surface area (TPSA) is 48.9 Å². The van der Waals surface area contributed by atoms with Gasteiger partial charge in [0.25, 0.3) is 0 Å². The van der Waals surface area contributed by atoms with E-state index in [4.69, 9.17) is 4.74 Å². The summed E-state index contributed by atoms with van der Waals surface area (Å²) in [6.45, 7) is 3.09. The Kier molecular flexibility index (Phi) is 12.3. The Balaban J connectivity index is 0.00000420. The zero-order chi connectivity index (χ0) is 20.2. The number of benzene rings is 2. The predicted octanol–water partition coefficient (Wildman–Crippen LogP) is 3.68. The number of hydrogen-bond acceptors (Lipinski definition) is 3. The standard InChI is InChI=1S/C22H31FN4O.HI/c1-24-22(25-13-12-18-6-4-7-20(23)16-18)26-17-19-8-10-21(11-9-19)28-15-5-14-27(2)3;/h4,6-11,16H,5,12-15,17H2,1-3H3,(H2,24,25,26);1H. The van der Waals surface area contributed by atoms with E-state index >= 15 is 0 Å². The van der Waals surface area contributed by atoms with Crippen LogP contribution in [0.15, 0.2) is 53.5 Å². The van der Waals surface area contributed by atoms with Crippen LogP contribution in [-0.4, -0.2) is 51.7 Å². The number of nitrogens with zero attached hydrogens (tertiary/aromatic N) is 2. The fourth-order valence-corrected chi connectivity index (χ4v) is 2.70. The van der Waals surface area contributed by atoms with E-state index in [0.717, 1.165) is 48.8 Å². The van der Waals surface area contributed by atoms with Crippen molar-refractivity contribution in [1.29, 1.82) is 0 Å². The number of rotatable bonds is 10. The summed E-state index contributed by atoms with van der Waals surface area (Å²) in [5.41, 5.74) is 2.11. The van der Waals surface area contributed by atoms with Crippen molar-refractivity contribution >= 4 is 29.9 Å². The Hall–Kier alpha value is -1.87. The van der Waals surface area contributed by atoms with E-state index in [1.165, 1.54) is 6.07 Å². The van der Waals surface area contributed by atoms with Crippen molar-refractivity contribution in [1.82, 2.24) is 15.5 Å². The van der Waals surface area contributed by atoms with Gasteiger partial charge in [0.05, 0.1) is 6.61 Å². The molecule has 5 nitrogen and oxygen atoms in total. The summed E-state index contributed by atoms with van der Waals surface area (Å²) in [5, 5.41) is 6.54. The van der Waals surface area contributed by atoms with Gasteiger partial charge in [-0.15, -0.1) is 24.0 Å². The van der Waals surface area contributed by atoms with Gasteiger partial charge in [-0.1, -0.05) is 24.3 Å². The normalized spacial score (nSPS) is 11.1. The van der Waals surface area contributed by atoms with E-state index in [1.807, 2.05) is 30.3 Å². The third-order valence-electron chi connectivity index (χ3n) is 4.22. The largest absolute Gasteiger partial charge is 0.494 e. The molecule has 0 aromatic heterocycles. The lowest BCUT2D eigenvalue weighted by atomic mass is 10.1. The van der Waals surface area contributed by atoms with Crippen molar-refractivity contribution in [2.45, 2.75) is 19.4 Å². The zero-order valence-electron chi connectivity index (χ0n) is 17.5. The van der Waals surface area contributed by atoms with E-state index < -0.39 is 0 Å². The number of guanidine groups is 1. The van der Waals surface area contributed by atoms with E-state index in [2.05, 4.69) is 34.6 Å². The molecule has 0 aliphatic rings. The van der Waals surface area contributed by atoms with E-state index in [0.29, 0.717) is 13.1 Å². The molecule has 0 aliphatic heterocycles. The third-order valence-corrected chi connectivity index (χ3v) is 4.22. The molecular formula is C22H32FIN4O. The smallest absolute Gasteiger partial charge is 0.191 e. The minimum absolute atomic E-state index is 0. The fraction of sp³-hybridized carbons (Fsp3) is 0.409. The summed E-state index contributed by atoms with van der Waals surface area (Å²) < 4.78 is 19.0. The van der Waals surface area contributed by atoms with Gasteiger partial charge < -0.3 is 20.3 Å². The quantitative estimate of drug-likeness (QED) is 0.220. The Morgan fingerprint density at radius 1 is 1.07 bits per heavy atom. The molecular weight excluding hydrogens is 482 g/mol. The maximum atomic E-state index is 13.2. The molecule has 2 N–H and O–H groups in total. The number of ether oxygens (including phenoxy) is 1. The molecule has 0 spiro atoms. The van der Waals surface area contributed by atoms with Crippen molar-refractivity contribution in [3.05, 3.63) is 65.5 Å². The highest BCUT2D eigenvalue weighted by atomic mass is 127. The molecule has 0 radical (unpaired) electrons. The molecule has 29 heavy (non-hydrogen) atoms. The second-order valence-corrected chi connectivity index (χ2v) is 6.88. The van der Waals surface area contributed by atoms with Crippen LogP contribution in [0.2, 0.25) is 0 Å². The predicted molar refractivity (Wildman–Crippen MR) is 129 cm³/mol. The minimum Gasteiger partial charge on any atom is -0.494 e. The SMILES string of the molecule is CN=C(NCCc1cccc(F)c1)NCc1ccc(OCCCN(C)C)cc1.I. The molecule has 0 saturated carbocycles. The molecule has 0 bridgehead atoms. The molecule has 0 atom stereocenters. The van der Waals surface area contributed by atoms with E-state index in [1.54, 1.807) is 19.2 Å². The van der Waals surface area contributed by atoms with Gasteiger partial charge in [0.15, 0.2) is 5.96 Å². The second-order valence-electron chi connectivity index (χ2n) is 6.88. The Morgan fingerprint density at radius 3 is 2.48 bits per heavy atom. The summed E-state index contributed by atoms with van der Waals surface area (Å²) >= 11 is 0. The molecule has 0 heterocycles. The Bertz CT molecular complexity index is 738. The van der Waals surface area contributed by atoms with Gasteiger partial charge >= 0.3 is 0 Å². The molecule has 0 unspecified atom stereocenters. The average molecular weight is 514 g/mol. The summed E-state index contributed by atoms with van der Waals surface area (Å²) in [4.78, 5) is 6.38. The molecule has 0 fully saturated rings. The van der Waals surface area contributed by atoms with E-state index in [9.17, 15) is 4.39 Å². The molecule has 7 heteroatoms. The van der Waals surface area contributed by atoms with Crippen molar-refractivity contribution in [3.63, 3.8) is 0 Å². The molecule has 2 aromatic rings.